The molecule has 2 aliphatic rings. The quantitative estimate of drug-likeness (QED) is 0.121. The fraction of sp³-hybridized carbons (Fsp3) is 0.703. The molecule has 1 saturated carbocycles. The third kappa shape index (κ3) is 13.7. The van der Waals surface area contributed by atoms with E-state index in [4.69, 9.17) is 25.8 Å². The van der Waals surface area contributed by atoms with E-state index in [2.05, 4.69) is 74.9 Å². The lowest BCUT2D eigenvalue weighted by molar-refractivity contribution is -0.690. The van der Waals surface area contributed by atoms with Gasteiger partial charge in [-0.3, -0.25) is 9.69 Å². The van der Waals surface area contributed by atoms with Crippen molar-refractivity contribution in [2.24, 2.45) is 14.1 Å². The van der Waals surface area contributed by atoms with Crippen LogP contribution in [0.15, 0.2) is 36.7 Å². The molecule has 0 atom stereocenters. The molecule has 2 aromatic rings. The number of carbonyl (C=O) groups is 1. The van der Waals surface area contributed by atoms with Crippen molar-refractivity contribution in [3.63, 3.8) is 0 Å². The molecular formula is C37H62ClN5O4+2. The fourth-order valence-electron chi connectivity index (χ4n) is 5.73. The number of alkyl halides is 1. The second-order valence-electron chi connectivity index (χ2n) is 12.6. The number of hydrogen-bond acceptors (Lipinski definition) is 6. The number of piperazine rings is 1. The number of nitrogens with one attached hydrogen (secondary N) is 1. The number of amides is 1. The molecular weight excluding hydrogens is 614 g/mol. The maximum Gasteiger partial charge on any atom is 0.277 e. The van der Waals surface area contributed by atoms with Gasteiger partial charge in [-0.2, -0.15) is 9.13 Å². The van der Waals surface area contributed by atoms with Crippen LogP contribution in [0.3, 0.4) is 0 Å². The third-order valence-corrected chi connectivity index (χ3v) is 9.17. The molecule has 0 bridgehead atoms. The van der Waals surface area contributed by atoms with Crippen LogP contribution in [0, 0.1) is 6.92 Å². The van der Waals surface area contributed by atoms with Crippen LogP contribution >= 0.6 is 11.6 Å². The van der Waals surface area contributed by atoms with Crippen LogP contribution in [0.25, 0.3) is 11.4 Å². The molecule has 4 rings (SSSR count). The molecule has 1 saturated heterocycles. The van der Waals surface area contributed by atoms with Gasteiger partial charge in [0.05, 0.1) is 19.8 Å². The van der Waals surface area contributed by atoms with Crippen molar-refractivity contribution in [2.45, 2.75) is 77.9 Å². The summed E-state index contributed by atoms with van der Waals surface area (Å²) >= 11 is 5.72. The van der Waals surface area contributed by atoms with E-state index in [1.54, 1.807) is 0 Å². The van der Waals surface area contributed by atoms with E-state index in [0.717, 1.165) is 107 Å². The van der Waals surface area contributed by atoms with Crippen LogP contribution in [-0.4, -0.2) is 99.4 Å². The number of rotatable bonds is 21. The zero-order valence-electron chi connectivity index (χ0n) is 29.9. The van der Waals surface area contributed by atoms with Gasteiger partial charge in [0, 0.05) is 89.2 Å². The monoisotopic (exact) mass is 675 g/mol. The fourth-order valence-corrected chi connectivity index (χ4v) is 5.92. The Morgan fingerprint density at radius 3 is 2.15 bits per heavy atom. The second-order valence-corrected chi connectivity index (χ2v) is 13.0. The standard InChI is InChI=1S/C35H55ClN5O4.C2H6/c1-30-9-16-38(2)32(27-30)33-28-31(10-17-39(33)3)29-45-35(11-12-35)34(42)37-14-25-43-24-8-15-40-18-20-41(21-19-40)22-26-44-23-7-5-4-6-13-36;1-2/h9-10,16-17,27-28H,4-8,11-15,18-26,29H2,1-3H3;1-2H3/q+1;/p+1. The predicted molar refractivity (Wildman–Crippen MR) is 188 cm³/mol. The van der Waals surface area contributed by atoms with Crippen LogP contribution in [0.5, 0.6) is 0 Å². The Hall–Kier alpha value is -2.14. The third-order valence-electron chi connectivity index (χ3n) is 8.90. The molecule has 2 fully saturated rings. The highest BCUT2D eigenvalue weighted by Gasteiger charge is 2.51. The van der Waals surface area contributed by atoms with Crippen molar-refractivity contribution in [1.29, 1.82) is 0 Å². The Kier molecular flexibility index (Phi) is 18.2. The molecule has 9 nitrogen and oxygen atoms in total. The van der Waals surface area contributed by atoms with Crippen molar-refractivity contribution in [3.8, 4) is 11.4 Å². The number of carbonyl (C=O) groups excluding carboxylic acids is 1. The van der Waals surface area contributed by atoms with E-state index < -0.39 is 5.60 Å². The smallest absolute Gasteiger partial charge is 0.277 e. The summed E-state index contributed by atoms with van der Waals surface area (Å²) in [5, 5.41) is 3.04. The zero-order chi connectivity index (χ0) is 33.9. The summed E-state index contributed by atoms with van der Waals surface area (Å²) in [6.07, 6.45) is 11.3. The molecule has 1 aliphatic carbocycles. The van der Waals surface area contributed by atoms with Crippen LogP contribution in [-0.2, 0) is 39.7 Å². The van der Waals surface area contributed by atoms with Gasteiger partial charge in [-0.05, 0) is 50.2 Å². The number of unbranched alkanes of at least 4 members (excludes halogenated alkanes) is 3. The van der Waals surface area contributed by atoms with Crippen LogP contribution in [0.2, 0.25) is 0 Å². The molecule has 1 N–H and O–H groups in total. The van der Waals surface area contributed by atoms with Gasteiger partial charge in [0.25, 0.3) is 17.3 Å². The molecule has 264 valence electrons. The molecule has 0 radical (unpaired) electrons. The number of nitrogens with zero attached hydrogens (tertiary/aromatic N) is 4. The lowest BCUT2D eigenvalue weighted by Gasteiger charge is -2.34. The first kappa shape index (κ1) is 39.3. The average molecular weight is 676 g/mol. The number of aryl methyl sites for hydroxylation is 3. The largest absolute Gasteiger partial charge is 0.380 e. The summed E-state index contributed by atoms with van der Waals surface area (Å²) in [4.78, 5) is 17.9. The number of ether oxygens (including phenoxy) is 3. The minimum absolute atomic E-state index is 0.0246. The molecule has 1 aliphatic heterocycles. The Bertz CT molecular complexity index is 1190. The molecule has 2 aromatic heterocycles. The highest BCUT2D eigenvalue weighted by Crippen LogP contribution is 2.40. The first-order valence-electron chi connectivity index (χ1n) is 17.9. The van der Waals surface area contributed by atoms with E-state index in [1.807, 2.05) is 20.9 Å². The van der Waals surface area contributed by atoms with Crippen molar-refractivity contribution in [1.82, 2.24) is 15.1 Å². The molecule has 0 spiro atoms. The van der Waals surface area contributed by atoms with Crippen molar-refractivity contribution in [2.75, 3.05) is 78.1 Å². The number of pyridine rings is 2. The summed E-state index contributed by atoms with van der Waals surface area (Å²) < 4.78 is 22.1. The maximum atomic E-state index is 12.9. The SMILES string of the molecule is CC.Cc1cc[n+](C)c(-c2cc(COC3(C(=O)NCCOCCCN4CCN(CCOCCCCCCCl)CC4)CC3)cc[n+]2C)c1. The zero-order valence-corrected chi connectivity index (χ0v) is 30.7. The Morgan fingerprint density at radius 1 is 0.830 bits per heavy atom. The molecule has 47 heavy (non-hydrogen) atoms. The second kappa shape index (κ2) is 21.8. The molecule has 3 heterocycles. The average Bonchev–Trinajstić information content (AvgIpc) is 3.89. The molecule has 0 unspecified atom stereocenters. The van der Waals surface area contributed by atoms with E-state index in [1.165, 1.54) is 18.4 Å². The predicted octanol–water partition coefficient (Wildman–Crippen LogP) is 4.34. The van der Waals surface area contributed by atoms with Crippen molar-refractivity contribution >= 4 is 17.5 Å². The van der Waals surface area contributed by atoms with Gasteiger partial charge >= 0.3 is 0 Å². The van der Waals surface area contributed by atoms with Gasteiger partial charge in [-0.25, -0.2) is 0 Å². The van der Waals surface area contributed by atoms with E-state index >= 15 is 0 Å². The van der Waals surface area contributed by atoms with E-state index in [9.17, 15) is 4.79 Å². The van der Waals surface area contributed by atoms with E-state index in [-0.39, 0.29) is 5.91 Å². The van der Waals surface area contributed by atoms with Gasteiger partial charge in [0.1, 0.15) is 19.7 Å². The summed E-state index contributed by atoms with van der Waals surface area (Å²) in [5.41, 5.74) is 3.82. The maximum absolute atomic E-state index is 12.9. The molecule has 1 amide bonds. The first-order valence-corrected chi connectivity index (χ1v) is 18.5. The van der Waals surface area contributed by atoms with Crippen LogP contribution in [0.1, 0.15) is 69.9 Å². The lowest BCUT2D eigenvalue weighted by atomic mass is 10.1. The normalized spacial score (nSPS) is 16.0. The number of halogens is 1. The van der Waals surface area contributed by atoms with Crippen LogP contribution in [0.4, 0.5) is 0 Å². The number of aromatic nitrogens is 2. The highest BCUT2D eigenvalue weighted by molar-refractivity contribution is 6.17. The summed E-state index contributed by atoms with van der Waals surface area (Å²) in [6, 6.07) is 8.50. The summed E-state index contributed by atoms with van der Waals surface area (Å²) in [5.74, 6) is 0.742. The number of hydrogen-bond donors (Lipinski definition) is 1. The topological polar surface area (TPSA) is 71.0 Å². The summed E-state index contributed by atoms with van der Waals surface area (Å²) in [7, 11) is 4.11. The Balaban J connectivity index is 0.00000294. The van der Waals surface area contributed by atoms with E-state index in [0.29, 0.717) is 26.4 Å². The first-order chi connectivity index (χ1) is 22.9. The van der Waals surface area contributed by atoms with Crippen molar-refractivity contribution < 1.29 is 28.1 Å². The van der Waals surface area contributed by atoms with Crippen LogP contribution < -0.4 is 14.5 Å². The van der Waals surface area contributed by atoms with Gasteiger partial charge in [-0.1, -0.05) is 26.7 Å². The van der Waals surface area contributed by atoms with Gasteiger partial charge in [-0.15, -0.1) is 11.6 Å². The Labute approximate surface area is 289 Å². The minimum atomic E-state index is -0.704. The van der Waals surface area contributed by atoms with Gasteiger partial charge in [0.2, 0.25) is 0 Å². The summed E-state index contributed by atoms with van der Waals surface area (Å²) in [6.45, 7) is 16.4. The highest BCUT2D eigenvalue weighted by atomic mass is 35.5. The van der Waals surface area contributed by atoms with Gasteiger partial charge in [0.15, 0.2) is 12.4 Å². The Morgan fingerprint density at radius 2 is 1.45 bits per heavy atom. The van der Waals surface area contributed by atoms with Gasteiger partial charge < -0.3 is 24.4 Å². The molecule has 0 aromatic carbocycles. The minimum Gasteiger partial charge on any atom is -0.380 e. The molecule has 10 heteroatoms. The lowest BCUT2D eigenvalue weighted by Crippen LogP contribution is -2.47. The van der Waals surface area contributed by atoms with Crippen molar-refractivity contribution in [3.05, 3.63) is 47.8 Å².